The Morgan fingerprint density at radius 2 is 1.93 bits per heavy atom. The topological polar surface area (TPSA) is 183 Å². The lowest BCUT2D eigenvalue weighted by molar-refractivity contribution is -0.384. The highest BCUT2D eigenvalue weighted by Gasteiger charge is 2.40. The van der Waals surface area contributed by atoms with Crippen LogP contribution in [0.5, 0.6) is 0 Å². The third-order valence-corrected chi connectivity index (χ3v) is 5.32. The van der Waals surface area contributed by atoms with E-state index in [1.54, 1.807) is 6.92 Å². The summed E-state index contributed by atoms with van der Waals surface area (Å²) in [6.07, 6.45) is 0.0106. The van der Waals surface area contributed by atoms with Gasteiger partial charge in [-0.05, 0) is 31.9 Å². The van der Waals surface area contributed by atoms with E-state index in [1.807, 2.05) is 0 Å². The maximum absolute atomic E-state index is 11.3. The number of carbonyl (C=O) groups excluding carboxylic acids is 1. The van der Waals surface area contributed by atoms with E-state index in [0.717, 1.165) is 6.92 Å². The molecule has 158 valence electrons. The van der Waals surface area contributed by atoms with Gasteiger partial charge in [-0.15, -0.1) is 0 Å². The predicted octanol–water partition coefficient (Wildman–Crippen LogP) is 1.36. The Labute approximate surface area is 161 Å². The molecule has 1 rings (SSSR count). The molecule has 0 aliphatic rings. The molecule has 6 N–H and O–H groups in total. The van der Waals surface area contributed by atoms with Gasteiger partial charge in [-0.1, -0.05) is 0 Å². The molecule has 0 aromatic heterocycles. The average Bonchev–Trinajstić information content (AvgIpc) is 2.59. The molecule has 1 atom stereocenters. The number of aliphatic hydroxyl groups is 1. The molecule has 0 aliphatic heterocycles. The van der Waals surface area contributed by atoms with Gasteiger partial charge in [0.15, 0.2) is 5.34 Å². The number of carbonyl (C=O) groups is 1. The molecule has 0 saturated heterocycles. The average molecular weight is 420 g/mol. The third kappa shape index (κ3) is 6.64. The molecule has 0 heterocycles. The zero-order valence-corrected chi connectivity index (χ0v) is 16.7. The van der Waals surface area contributed by atoms with Crippen molar-refractivity contribution in [2.45, 2.75) is 25.6 Å². The Kier molecular flexibility index (Phi) is 8.18. The summed E-state index contributed by atoms with van der Waals surface area (Å²) in [5.74, 6) is 0. The van der Waals surface area contributed by atoms with Crippen LogP contribution in [0.3, 0.4) is 0 Å². The molecule has 13 heteroatoms. The number of nitro benzene ring substituents is 1. The van der Waals surface area contributed by atoms with E-state index in [1.165, 1.54) is 19.2 Å². The van der Waals surface area contributed by atoms with Crippen LogP contribution in [-0.4, -0.2) is 58.0 Å². The van der Waals surface area contributed by atoms with Crippen molar-refractivity contribution in [1.82, 2.24) is 5.32 Å². The molecule has 1 aromatic rings. The van der Waals surface area contributed by atoms with Crippen LogP contribution in [-0.2, 0) is 9.30 Å². The van der Waals surface area contributed by atoms with Gasteiger partial charge in [0.1, 0.15) is 5.69 Å². The standard InChI is InChI=1S/C15H25N4O8P/c1-10-7-13(19(22)23)12(18-9-15(2,21)28(24,25)26)8-11(10)16-5-4-6-17-14(20)27-3/h7-8,16,18,21H,4-6,9H2,1-3H3,(H,17,20)(H2,24,25,26). The Hall–Kier alpha value is -2.40. The molecule has 0 aliphatic carbocycles. The summed E-state index contributed by atoms with van der Waals surface area (Å²) in [7, 11) is -3.58. The summed E-state index contributed by atoms with van der Waals surface area (Å²) in [6.45, 7) is 2.82. The summed E-state index contributed by atoms with van der Waals surface area (Å²) < 4.78 is 15.8. The van der Waals surface area contributed by atoms with Crippen LogP contribution in [0.1, 0.15) is 18.9 Å². The fourth-order valence-corrected chi connectivity index (χ4v) is 2.40. The number of methoxy groups -OCH3 is 1. The number of alkyl carbamates (subject to hydrolysis) is 1. The van der Waals surface area contributed by atoms with E-state index in [2.05, 4.69) is 20.7 Å². The van der Waals surface area contributed by atoms with Crippen LogP contribution >= 0.6 is 7.60 Å². The van der Waals surface area contributed by atoms with Crippen molar-refractivity contribution in [3.05, 3.63) is 27.8 Å². The Morgan fingerprint density at radius 3 is 2.46 bits per heavy atom. The molecule has 1 unspecified atom stereocenters. The Balaban J connectivity index is 2.88. The molecule has 1 amide bonds. The van der Waals surface area contributed by atoms with E-state index < -0.39 is 30.5 Å². The highest BCUT2D eigenvalue weighted by molar-refractivity contribution is 7.53. The number of nitrogens with zero attached hydrogens (tertiary/aromatic N) is 1. The predicted molar refractivity (Wildman–Crippen MR) is 103 cm³/mol. The number of ether oxygens (including phenoxy) is 1. The highest BCUT2D eigenvalue weighted by atomic mass is 31.2. The first-order chi connectivity index (χ1) is 12.9. The summed E-state index contributed by atoms with van der Waals surface area (Å²) in [4.78, 5) is 39.9. The van der Waals surface area contributed by atoms with Gasteiger partial charge in [-0.2, -0.15) is 0 Å². The molecule has 0 spiro atoms. The summed E-state index contributed by atoms with van der Waals surface area (Å²) in [6, 6.07) is 2.74. The maximum Gasteiger partial charge on any atom is 0.406 e. The van der Waals surface area contributed by atoms with Gasteiger partial charge in [0.25, 0.3) is 5.69 Å². The Bertz CT molecular complexity index is 765. The second-order valence-corrected chi connectivity index (χ2v) is 8.31. The second kappa shape index (κ2) is 9.69. The van der Waals surface area contributed by atoms with Crippen molar-refractivity contribution in [2.24, 2.45) is 0 Å². The van der Waals surface area contributed by atoms with Gasteiger partial charge in [0, 0.05) is 24.8 Å². The van der Waals surface area contributed by atoms with Crippen molar-refractivity contribution < 1.29 is 33.9 Å². The van der Waals surface area contributed by atoms with Crippen LogP contribution in [0, 0.1) is 17.0 Å². The van der Waals surface area contributed by atoms with E-state index in [-0.39, 0.29) is 11.4 Å². The molecular formula is C15H25N4O8P. The second-order valence-electron chi connectivity index (χ2n) is 6.25. The van der Waals surface area contributed by atoms with Gasteiger partial charge in [-0.3, -0.25) is 14.7 Å². The number of hydrogen-bond donors (Lipinski definition) is 6. The number of rotatable bonds is 10. The Morgan fingerprint density at radius 1 is 1.29 bits per heavy atom. The van der Waals surface area contributed by atoms with E-state index in [4.69, 9.17) is 9.79 Å². The van der Waals surface area contributed by atoms with Gasteiger partial charge >= 0.3 is 13.7 Å². The van der Waals surface area contributed by atoms with E-state index in [0.29, 0.717) is 30.8 Å². The lowest BCUT2D eigenvalue weighted by Crippen LogP contribution is -2.33. The normalized spacial score (nSPS) is 13.4. The quantitative estimate of drug-likeness (QED) is 0.140. The molecule has 28 heavy (non-hydrogen) atoms. The van der Waals surface area contributed by atoms with Gasteiger partial charge < -0.3 is 35.6 Å². The SMILES string of the molecule is COC(=O)NCCCNc1cc(NCC(C)(O)P(=O)(O)O)c([N+](=O)[O-])cc1C. The fourth-order valence-electron chi connectivity index (χ4n) is 2.12. The summed E-state index contributed by atoms with van der Waals surface area (Å²) >= 11 is 0. The van der Waals surface area contributed by atoms with Crippen molar-refractivity contribution in [3.8, 4) is 0 Å². The highest BCUT2D eigenvalue weighted by Crippen LogP contribution is 2.48. The van der Waals surface area contributed by atoms with Gasteiger partial charge in [-0.25, -0.2) is 4.79 Å². The number of amides is 1. The number of aryl methyl sites for hydroxylation is 1. The zero-order chi connectivity index (χ0) is 21.5. The molecule has 12 nitrogen and oxygen atoms in total. The number of nitrogens with one attached hydrogen (secondary N) is 3. The van der Waals surface area contributed by atoms with Crippen molar-refractivity contribution >= 4 is 30.8 Å². The first kappa shape index (κ1) is 23.6. The number of hydrogen-bond acceptors (Lipinski definition) is 8. The lowest BCUT2D eigenvalue weighted by atomic mass is 10.1. The van der Waals surface area contributed by atoms with Crippen molar-refractivity contribution in [2.75, 3.05) is 37.4 Å². The molecule has 0 saturated carbocycles. The van der Waals surface area contributed by atoms with Crippen LogP contribution in [0.15, 0.2) is 12.1 Å². The molecular weight excluding hydrogens is 395 g/mol. The maximum atomic E-state index is 11.3. The zero-order valence-electron chi connectivity index (χ0n) is 15.8. The molecule has 0 radical (unpaired) electrons. The van der Waals surface area contributed by atoms with Crippen LogP contribution < -0.4 is 16.0 Å². The van der Waals surface area contributed by atoms with Crippen LogP contribution in [0.25, 0.3) is 0 Å². The van der Waals surface area contributed by atoms with Crippen LogP contribution in [0.4, 0.5) is 21.9 Å². The number of anilines is 2. The van der Waals surface area contributed by atoms with Gasteiger partial charge in [0.2, 0.25) is 0 Å². The third-order valence-electron chi connectivity index (χ3n) is 3.90. The fraction of sp³-hybridized carbons (Fsp3) is 0.533. The summed E-state index contributed by atoms with van der Waals surface area (Å²) in [5.41, 5.74) is 0.846. The largest absolute Gasteiger partial charge is 0.453 e. The lowest BCUT2D eigenvalue weighted by Gasteiger charge is -2.25. The van der Waals surface area contributed by atoms with Crippen LogP contribution in [0.2, 0.25) is 0 Å². The molecule has 0 bridgehead atoms. The molecule has 0 fully saturated rings. The molecule has 1 aromatic carbocycles. The smallest absolute Gasteiger partial charge is 0.406 e. The van der Waals surface area contributed by atoms with E-state index >= 15 is 0 Å². The first-order valence-corrected chi connectivity index (χ1v) is 9.87. The monoisotopic (exact) mass is 420 g/mol. The van der Waals surface area contributed by atoms with Crippen molar-refractivity contribution in [1.29, 1.82) is 0 Å². The van der Waals surface area contributed by atoms with E-state index in [9.17, 15) is 24.6 Å². The number of nitro groups is 1. The van der Waals surface area contributed by atoms with Crippen molar-refractivity contribution in [3.63, 3.8) is 0 Å². The minimum absolute atomic E-state index is 0.000453. The minimum Gasteiger partial charge on any atom is -0.453 e. The number of benzene rings is 1. The van der Waals surface area contributed by atoms with Gasteiger partial charge in [0.05, 0.1) is 18.6 Å². The first-order valence-electron chi connectivity index (χ1n) is 8.25. The minimum atomic E-state index is -4.84. The summed E-state index contributed by atoms with van der Waals surface area (Å²) in [5, 5.41) is 26.9.